The second-order valence-electron chi connectivity index (χ2n) is 5.99. The summed E-state index contributed by atoms with van der Waals surface area (Å²) >= 11 is 2.42. The van der Waals surface area contributed by atoms with Crippen molar-refractivity contribution in [3.05, 3.63) is 16.3 Å². The van der Waals surface area contributed by atoms with Crippen molar-refractivity contribution in [1.82, 2.24) is 14.9 Å². The van der Waals surface area contributed by atoms with Gasteiger partial charge >= 0.3 is 11.9 Å². The Labute approximate surface area is 169 Å². The average molecular weight is 425 g/mol. The van der Waals surface area contributed by atoms with E-state index in [4.69, 9.17) is 15.2 Å². The van der Waals surface area contributed by atoms with E-state index < -0.39 is 11.9 Å². The van der Waals surface area contributed by atoms with E-state index in [2.05, 4.69) is 9.97 Å². The minimum atomic E-state index is -0.443. The number of thiophene rings is 1. The normalized spacial score (nSPS) is 13.9. The Hall–Kier alpha value is -2.40. The summed E-state index contributed by atoms with van der Waals surface area (Å²) in [6.45, 7) is 4.62. The van der Waals surface area contributed by atoms with Crippen molar-refractivity contribution in [1.29, 1.82) is 0 Å². The zero-order chi connectivity index (χ0) is 20.3. The summed E-state index contributed by atoms with van der Waals surface area (Å²) in [6.07, 6.45) is 0.106. The predicted octanol–water partition coefficient (Wildman–Crippen LogP) is 2.36. The van der Waals surface area contributed by atoms with E-state index in [9.17, 15) is 14.4 Å². The van der Waals surface area contributed by atoms with E-state index >= 15 is 0 Å². The molecule has 28 heavy (non-hydrogen) atoms. The third kappa shape index (κ3) is 4.36. The van der Waals surface area contributed by atoms with Crippen LogP contribution >= 0.6 is 23.1 Å². The van der Waals surface area contributed by atoms with E-state index in [0.29, 0.717) is 33.7 Å². The van der Waals surface area contributed by atoms with Gasteiger partial charge in [0.1, 0.15) is 15.5 Å². The molecule has 9 nitrogen and oxygen atoms in total. The molecule has 1 aliphatic rings. The third-order valence-electron chi connectivity index (χ3n) is 4.12. The number of fused-ring (bicyclic) bond motifs is 1. The van der Waals surface area contributed by atoms with Crippen LogP contribution in [0.25, 0.3) is 10.2 Å². The molecule has 1 amide bonds. The fourth-order valence-electron chi connectivity index (χ4n) is 2.74. The van der Waals surface area contributed by atoms with Gasteiger partial charge in [0.2, 0.25) is 0 Å². The molecule has 2 aromatic rings. The molecular formula is C17H20N4O5S2. The molecule has 3 heterocycles. The molecule has 3 rings (SSSR count). The minimum Gasteiger partial charge on any atom is -0.462 e. The number of ether oxygens (including phenoxy) is 2. The second-order valence-corrected chi connectivity index (χ2v) is 8.04. The van der Waals surface area contributed by atoms with Crippen LogP contribution in [-0.4, -0.2) is 57.5 Å². The maximum absolute atomic E-state index is 12.1. The molecule has 2 aromatic heterocycles. The summed E-state index contributed by atoms with van der Waals surface area (Å²) in [7, 11) is 0. The van der Waals surface area contributed by atoms with Gasteiger partial charge in [-0.2, -0.15) is 0 Å². The maximum atomic E-state index is 12.1. The zero-order valence-corrected chi connectivity index (χ0v) is 17.2. The number of nitrogen functional groups attached to an aromatic ring is 1. The van der Waals surface area contributed by atoms with Gasteiger partial charge in [-0.05, 0) is 19.4 Å². The van der Waals surface area contributed by atoms with Crippen molar-refractivity contribution in [2.24, 2.45) is 0 Å². The fourth-order valence-corrected chi connectivity index (χ4v) is 4.70. The van der Waals surface area contributed by atoms with Crippen LogP contribution in [0.5, 0.6) is 0 Å². The van der Waals surface area contributed by atoms with Crippen molar-refractivity contribution in [2.75, 3.05) is 31.2 Å². The van der Waals surface area contributed by atoms with Crippen LogP contribution in [0.4, 0.5) is 10.6 Å². The molecule has 1 fully saturated rings. The number of amides is 1. The fraction of sp³-hybridized carbons (Fsp3) is 0.471. The van der Waals surface area contributed by atoms with E-state index in [1.807, 2.05) is 0 Å². The number of esters is 2. The number of thioether (sulfide) groups is 1. The number of aryl methyl sites for hydroxylation is 1. The molecule has 0 unspecified atom stereocenters. The molecule has 0 aliphatic carbocycles. The number of carbonyl (C=O) groups is 3. The molecule has 1 saturated heterocycles. The van der Waals surface area contributed by atoms with Crippen molar-refractivity contribution >= 4 is 56.3 Å². The highest BCUT2D eigenvalue weighted by Gasteiger charge is 2.23. The van der Waals surface area contributed by atoms with Gasteiger partial charge in [0, 0.05) is 18.8 Å². The van der Waals surface area contributed by atoms with Crippen molar-refractivity contribution in [2.45, 2.75) is 26.9 Å². The first-order valence-electron chi connectivity index (χ1n) is 8.70. The summed E-state index contributed by atoms with van der Waals surface area (Å²) in [6, 6.07) is 0. The molecule has 0 atom stereocenters. The van der Waals surface area contributed by atoms with Gasteiger partial charge < -0.3 is 20.1 Å². The van der Waals surface area contributed by atoms with E-state index in [1.54, 1.807) is 18.7 Å². The number of rotatable bonds is 7. The van der Waals surface area contributed by atoms with Crippen LogP contribution in [0.2, 0.25) is 0 Å². The number of nitrogens with two attached hydrogens (primary N) is 1. The topological polar surface area (TPSA) is 125 Å². The number of aromatic nitrogens is 2. The van der Waals surface area contributed by atoms with Gasteiger partial charge in [0.15, 0.2) is 12.4 Å². The Kier molecular flexibility index (Phi) is 6.35. The number of nitrogens with zero attached hydrogens (tertiary/aromatic N) is 3. The van der Waals surface area contributed by atoms with Crippen LogP contribution in [0.1, 0.15) is 34.4 Å². The van der Waals surface area contributed by atoms with Gasteiger partial charge in [-0.1, -0.05) is 11.8 Å². The molecule has 0 bridgehead atoms. The lowest BCUT2D eigenvalue weighted by Crippen LogP contribution is -2.26. The van der Waals surface area contributed by atoms with Crippen molar-refractivity contribution < 1.29 is 23.9 Å². The first kappa shape index (κ1) is 20.3. The largest absolute Gasteiger partial charge is 0.462 e. The predicted molar refractivity (Wildman–Crippen MR) is 106 cm³/mol. The van der Waals surface area contributed by atoms with E-state index in [1.165, 1.54) is 23.1 Å². The lowest BCUT2D eigenvalue weighted by atomic mass is 10.2. The quantitative estimate of drug-likeness (QED) is 0.667. The summed E-state index contributed by atoms with van der Waals surface area (Å²) in [5.74, 6) is 0.351. The maximum Gasteiger partial charge on any atom is 0.348 e. The molecule has 0 saturated carbocycles. The smallest absolute Gasteiger partial charge is 0.348 e. The third-order valence-corrected chi connectivity index (χ3v) is 6.18. The highest BCUT2D eigenvalue weighted by Crippen LogP contribution is 2.33. The zero-order valence-electron chi connectivity index (χ0n) is 15.5. The standard InChI is InChI=1S/C17H20N4O5S2/c1-3-25-16(23)13-9(2)12-14(18)19-10(20-15(12)28-13)8-26-11(22)4-5-21-6-7-27-17(21)24/h3-8H2,1-2H3,(H2,18,19,20). The number of anilines is 1. The Bertz CT molecular complexity index is 930. The summed E-state index contributed by atoms with van der Waals surface area (Å²) < 4.78 is 10.2. The van der Waals surface area contributed by atoms with Gasteiger partial charge in [0.25, 0.3) is 5.24 Å². The van der Waals surface area contributed by atoms with Crippen LogP contribution in [0, 0.1) is 6.92 Å². The van der Waals surface area contributed by atoms with Crippen molar-refractivity contribution in [3.8, 4) is 0 Å². The van der Waals surface area contributed by atoms with Crippen LogP contribution in [0.3, 0.4) is 0 Å². The first-order chi connectivity index (χ1) is 13.4. The Balaban J connectivity index is 1.65. The summed E-state index contributed by atoms with van der Waals surface area (Å²) in [5.41, 5.74) is 6.70. The van der Waals surface area contributed by atoms with Gasteiger partial charge in [-0.15, -0.1) is 11.3 Å². The molecule has 2 N–H and O–H groups in total. The molecular weight excluding hydrogens is 404 g/mol. The number of carbonyl (C=O) groups excluding carboxylic acids is 3. The monoisotopic (exact) mass is 424 g/mol. The van der Waals surface area contributed by atoms with Crippen molar-refractivity contribution in [3.63, 3.8) is 0 Å². The number of hydrogen-bond donors (Lipinski definition) is 1. The molecule has 150 valence electrons. The SMILES string of the molecule is CCOC(=O)c1sc2nc(COC(=O)CCN3CCSC3=O)nc(N)c2c1C. The average Bonchev–Trinajstić information content (AvgIpc) is 3.21. The summed E-state index contributed by atoms with van der Waals surface area (Å²) in [5, 5.41) is 0.591. The van der Waals surface area contributed by atoms with Crippen LogP contribution < -0.4 is 5.73 Å². The van der Waals surface area contributed by atoms with Gasteiger partial charge in [-0.25, -0.2) is 14.8 Å². The molecule has 0 aromatic carbocycles. The van der Waals surface area contributed by atoms with E-state index in [-0.39, 0.29) is 36.5 Å². The minimum absolute atomic E-state index is 0.0140. The Morgan fingerprint density at radius 1 is 1.29 bits per heavy atom. The Morgan fingerprint density at radius 3 is 2.75 bits per heavy atom. The molecule has 11 heteroatoms. The second kappa shape index (κ2) is 8.74. The van der Waals surface area contributed by atoms with Crippen LogP contribution in [0.15, 0.2) is 0 Å². The molecule has 0 radical (unpaired) electrons. The highest BCUT2D eigenvalue weighted by atomic mass is 32.2. The lowest BCUT2D eigenvalue weighted by Gasteiger charge is -2.13. The molecule has 0 spiro atoms. The van der Waals surface area contributed by atoms with Gasteiger partial charge in [0.05, 0.1) is 18.4 Å². The number of hydrogen-bond acceptors (Lipinski definition) is 10. The highest BCUT2D eigenvalue weighted by molar-refractivity contribution is 8.13. The molecule has 1 aliphatic heterocycles. The lowest BCUT2D eigenvalue weighted by molar-refractivity contribution is -0.145. The summed E-state index contributed by atoms with van der Waals surface area (Å²) in [4.78, 5) is 46.6. The van der Waals surface area contributed by atoms with E-state index in [0.717, 1.165) is 5.75 Å². The first-order valence-corrected chi connectivity index (χ1v) is 10.5. The van der Waals surface area contributed by atoms with Crippen LogP contribution in [-0.2, 0) is 20.9 Å². The Morgan fingerprint density at radius 2 is 2.07 bits per heavy atom. The van der Waals surface area contributed by atoms with Gasteiger partial charge in [-0.3, -0.25) is 9.59 Å².